The summed E-state index contributed by atoms with van der Waals surface area (Å²) in [4.78, 5) is 26.5. The van der Waals surface area contributed by atoms with Gasteiger partial charge in [-0.25, -0.2) is 4.79 Å². The van der Waals surface area contributed by atoms with E-state index in [2.05, 4.69) is 35.7 Å². The second kappa shape index (κ2) is 8.31. The Morgan fingerprint density at radius 1 is 1.38 bits per heavy atom. The molecule has 0 aliphatic carbocycles. The van der Waals surface area contributed by atoms with Gasteiger partial charge in [-0.3, -0.25) is 4.79 Å². The number of benzene rings is 1. The Bertz CT molecular complexity index is 963. The van der Waals surface area contributed by atoms with E-state index in [-0.39, 0.29) is 22.6 Å². The van der Waals surface area contributed by atoms with Crippen molar-refractivity contribution in [2.45, 2.75) is 43.7 Å². The molecular weight excluding hydrogens is 464 g/mol. The third-order valence-corrected chi connectivity index (χ3v) is 6.79. The van der Waals surface area contributed by atoms with Crippen LogP contribution in [0.3, 0.4) is 0 Å². The molecule has 0 bridgehead atoms. The van der Waals surface area contributed by atoms with Crippen molar-refractivity contribution >= 4 is 49.5 Å². The number of carbonyl (C=O) groups is 2. The molecule has 11 heteroatoms. The Morgan fingerprint density at radius 3 is 2.76 bits per heavy atom. The Hall–Kier alpha value is -2.14. The molecular formula is C18H23BrN4O5S. The number of amidine groups is 1. The molecule has 2 aliphatic heterocycles. The SMILES string of the molecule is COC(=O)N[C@H](C(=O)N1CCC[C@H]1C1=NS(=O)(=O)c2ccc(Br)cc2N1)C(C)C. The van der Waals surface area contributed by atoms with Crippen molar-refractivity contribution in [1.29, 1.82) is 0 Å². The predicted molar refractivity (Wildman–Crippen MR) is 111 cm³/mol. The molecule has 0 saturated carbocycles. The summed E-state index contributed by atoms with van der Waals surface area (Å²) >= 11 is 3.34. The second-order valence-corrected chi connectivity index (χ2v) is 9.75. The third-order valence-electron chi connectivity index (χ3n) is 4.94. The maximum Gasteiger partial charge on any atom is 0.407 e. The molecule has 29 heavy (non-hydrogen) atoms. The van der Waals surface area contributed by atoms with Crippen molar-refractivity contribution in [3.63, 3.8) is 0 Å². The van der Waals surface area contributed by atoms with Gasteiger partial charge in [-0.2, -0.15) is 8.42 Å². The lowest BCUT2D eigenvalue weighted by atomic mass is 10.0. The van der Waals surface area contributed by atoms with E-state index in [1.54, 1.807) is 17.0 Å². The number of amides is 2. The zero-order valence-corrected chi connectivity index (χ0v) is 18.7. The average molecular weight is 487 g/mol. The monoisotopic (exact) mass is 486 g/mol. The number of halogens is 1. The third kappa shape index (κ3) is 4.40. The van der Waals surface area contributed by atoms with Gasteiger partial charge in [0.1, 0.15) is 16.8 Å². The second-order valence-electron chi connectivity index (χ2n) is 7.26. The van der Waals surface area contributed by atoms with Crippen LogP contribution in [-0.4, -0.2) is 56.9 Å². The van der Waals surface area contributed by atoms with Crippen molar-refractivity contribution in [2.75, 3.05) is 19.0 Å². The minimum Gasteiger partial charge on any atom is -0.453 e. The van der Waals surface area contributed by atoms with Crippen LogP contribution in [0.2, 0.25) is 0 Å². The molecule has 2 atom stereocenters. The number of nitrogens with zero attached hydrogens (tertiary/aromatic N) is 2. The molecule has 1 aromatic rings. The molecule has 0 aromatic heterocycles. The highest BCUT2D eigenvalue weighted by molar-refractivity contribution is 9.10. The van der Waals surface area contributed by atoms with Crippen molar-refractivity contribution in [2.24, 2.45) is 10.3 Å². The number of hydrogen-bond donors (Lipinski definition) is 2. The van der Waals surface area contributed by atoms with Crippen LogP contribution in [0.5, 0.6) is 0 Å². The standard InChI is InChI=1S/C18H23BrN4O5S/c1-10(2)15(21-18(25)28-3)17(24)23-8-4-5-13(23)16-20-12-9-11(19)6-7-14(12)29(26,27)22-16/h6-7,9-10,13,15H,4-5,8H2,1-3H3,(H,20,22)(H,21,25)/t13-,15-/m0/s1. The fraction of sp³-hybridized carbons (Fsp3) is 0.500. The first-order chi connectivity index (χ1) is 13.6. The van der Waals surface area contributed by atoms with Crippen molar-refractivity contribution in [1.82, 2.24) is 10.2 Å². The quantitative estimate of drug-likeness (QED) is 0.674. The number of rotatable bonds is 4. The van der Waals surface area contributed by atoms with Crippen LogP contribution in [0.15, 0.2) is 32.0 Å². The fourth-order valence-electron chi connectivity index (χ4n) is 3.50. The topological polar surface area (TPSA) is 117 Å². The van der Waals surface area contributed by atoms with Gasteiger partial charge in [0.05, 0.1) is 18.8 Å². The van der Waals surface area contributed by atoms with Gasteiger partial charge in [-0.15, -0.1) is 4.40 Å². The average Bonchev–Trinajstić information content (AvgIpc) is 3.13. The highest BCUT2D eigenvalue weighted by Crippen LogP contribution is 2.32. The lowest BCUT2D eigenvalue weighted by molar-refractivity contribution is -0.134. The fourth-order valence-corrected chi connectivity index (χ4v) is 5.01. The summed E-state index contributed by atoms with van der Waals surface area (Å²) in [6.07, 6.45) is 0.577. The summed E-state index contributed by atoms with van der Waals surface area (Å²) in [5, 5.41) is 5.64. The molecule has 158 valence electrons. The molecule has 2 N–H and O–H groups in total. The normalized spacial score (nSPS) is 21.1. The largest absolute Gasteiger partial charge is 0.453 e. The zero-order valence-electron chi connectivity index (χ0n) is 16.3. The first kappa shape index (κ1) is 21.6. The summed E-state index contributed by atoms with van der Waals surface area (Å²) in [7, 11) is -2.64. The van der Waals surface area contributed by atoms with E-state index in [9.17, 15) is 18.0 Å². The van der Waals surface area contributed by atoms with Crippen LogP contribution >= 0.6 is 15.9 Å². The number of likely N-dealkylation sites (tertiary alicyclic amines) is 1. The van der Waals surface area contributed by atoms with Crippen LogP contribution in [0.25, 0.3) is 0 Å². The van der Waals surface area contributed by atoms with Gasteiger partial charge >= 0.3 is 6.09 Å². The Balaban J connectivity index is 1.90. The van der Waals surface area contributed by atoms with E-state index < -0.39 is 28.2 Å². The lowest BCUT2D eigenvalue weighted by Crippen LogP contribution is -2.54. The summed E-state index contributed by atoms with van der Waals surface area (Å²) in [5.41, 5.74) is 0.414. The molecule has 0 radical (unpaired) electrons. The smallest absolute Gasteiger partial charge is 0.407 e. The van der Waals surface area contributed by atoms with Gasteiger partial charge in [-0.1, -0.05) is 29.8 Å². The minimum absolute atomic E-state index is 0.0905. The van der Waals surface area contributed by atoms with E-state index in [0.29, 0.717) is 25.1 Å². The van der Waals surface area contributed by atoms with Crippen molar-refractivity contribution < 1.29 is 22.7 Å². The van der Waals surface area contributed by atoms with Crippen LogP contribution < -0.4 is 10.6 Å². The van der Waals surface area contributed by atoms with Gasteiger partial charge in [-0.05, 0) is 37.0 Å². The van der Waals surface area contributed by atoms with Crippen LogP contribution in [0.4, 0.5) is 10.5 Å². The number of ether oxygens (including phenoxy) is 1. The molecule has 0 unspecified atom stereocenters. The number of alkyl carbamates (subject to hydrolysis) is 1. The van der Waals surface area contributed by atoms with Gasteiger partial charge < -0.3 is 20.3 Å². The Labute approximate surface area is 178 Å². The van der Waals surface area contributed by atoms with Gasteiger partial charge in [0, 0.05) is 11.0 Å². The highest BCUT2D eigenvalue weighted by Gasteiger charge is 2.40. The minimum atomic E-state index is -3.88. The number of fused-ring (bicyclic) bond motifs is 1. The molecule has 1 fully saturated rings. The van der Waals surface area contributed by atoms with Gasteiger partial charge in [0.15, 0.2) is 0 Å². The molecule has 1 aromatic carbocycles. The summed E-state index contributed by atoms with van der Waals surface area (Å²) in [6, 6.07) is 3.47. The summed E-state index contributed by atoms with van der Waals surface area (Å²) in [5.74, 6) is -0.263. The molecule has 2 aliphatic rings. The van der Waals surface area contributed by atoms with Crippen LogP contribution in [-0.2, 0) is 19.6 Å². The zero-order chi connectivity index (χ0) is 21.3. The molecule has 9 nitrogen and oxygen atoms in total. The molecule has 0 spiro atoms. The Morgan fingerprint density at radius 2 is 2.10 bits per heavy atom. The maximum atomic E-state index is 13.2. The molecule has 2 heterocycles. The lowest BCUT2D eigenvalue weighted by Gasteiger charge is -2.32. The van der Waals surface area contributed by atoms with Crippen molar-refractivity contribution in [3.05, 3.63) is 22.7 Å². The number of anilines is 1. The van der Waals surface area contributed by atoms with E-state index in [1.165, 1.54) is 13.2 Å². The first-order valence-electron chi connectivity index (χ1n) is 9.20. The van der Waals surface area contributed by atoms with Crippen LogP contribution in [0, 0.1) is 5.92 Å². The molecule has 3 rings (SSSR count). The van der Waals surface area contributed by atoms with Crippen molar-refractivity contribution in [3.8, 4) is 0 Å². The van der Waals surface area contributed by atoms with E-state index in [0.717, 1.165) is 4.47 Å². The number of hydrogen-bond acceptors (Lipinski definition) is 6. The summed E-state index contributed by atoms with van der Waals surface area (Å²) < 4.78 is 34.6. The Kier molecular flexibility index (Phi) is 6.18. The predicted octanol–water partition coefficient (Wildman–Crippen LogP) is 2.33. The maximum absolute atomic E-state index is 13.2. The van der Waals surface area contributed by atoms with Crippen LogP contribution in [0.1, 0.15) is 26.7 Å². The van der Waals surface area contributed by atoms with E-state index >= 15 is 0 Å². The molecule has 2 amide bonds. The number of nitrogens with one attached hydrogen (secondary N) is 2. The van der Waals surface area contributed by atoms with E-state index in [1.807, 2.05) is 13.8 Å². The molecule has 1 saturated heterocycles. The number of methoxy groups -OCH3 is 1. The van der Waals surface area contributed by atoms with Gasteiger partial charge in [0.2, 0.25) is 5.91 Å². The summed E-state index contributed by atoms with van der Waals surface area (Å²) in [6.45, 7) is 4.08. The van der Waals surface area contributed by atoms with E-state index in [4.69, 9.17) is 0 Å². The number of carbonyl (C=O) groups excluding carboxylic acids is 2. The first-order valence-corrected chi connectivity index (χ1v) is 11.4. The highest BCUT2D eigenvalue weighted by atomic mass is 79.9. The number of sulfonamides is 1. The van der Waals surface area contributed by atoms with Gasteiger partial charge in [0.25, 0.3) is 10.0 Å².